The van der Waals surface area contributed by atoms with Gasteiger partial charge in [-0.15, -0.1) is 0 Å². The molecule has 1 saturated heterocycles. The minimum absolute atomic E-state index is 0.138. The molecule has 2 aromatic carbocycles. The Morgan fingerprint density at radius 1 is 1.12 bits per heavy atom. The molecule has 3 amide bonds. The molecule has 0 aliphatic carbocycles. The number of hydrogen-bond acceptors (Lipinski definition) is 6. The van der Waals surface area contributed by atoms with E-state index in [1.807, 2.05) is 0 Å². The number of fused-ring (bicyclic) bond motifs is 1. The molecule has 8 nitrogen and oxygen atoms in total. The largest absolute Gasteiger partial charge is 0.495 e. The predicted octanol–water partition coefficient (Wildman–Crippen LogP) is 3.03. The fourth-order valence-corrected chi connectivity index (χ4v) is 4.52. The Kier molecular flexibility index (Phi) is 5.48. The molecule has 0 saturated carbocycles. The summed E-state index contributed by atoms with van der Waals surface area (Å²) in [5, 5.41) is 0.649. The minimum atomic E-state index is -4.44. The zero-order chi connectivity index (χ0) is 24.1. The Morgan fingerprint density at radius 2 is 1.82 bits per heavy atom. The van der Waals surface area contributed by atoms with Gasteiger partial charge in [-0.05, 0) is 6.07 Å². The average Bonchev–Trinajstić information content (AvgIpc) is 3.03. The Balaban J connectivity index is 1.74. The number of halogens is 3. The SMILES string of the molecule is COc1cnc2ccccc2c1CN1CC(=O)N(c2cc(F)c(S(C)(=O)=O)c(F)c2F)C1=O. The first-order chi connectivity index (χ1) is 15.5. The van der Waals surface area contributed by atoms with Crippen molar-refractivity contribution in [2.45, 2.75) is 11.4 Å². The van der Waals surface area contributed by atoms with Gasteiger partial charge in [0, 0.05) is 23.3 Å². The topological polar surface area (TPSA) is 96.9 Å². The molecule has 0 atom stereocenters. The number of sulfone groups is 1. The fraction of sp³-hybridized carbons (Fsp3) is 0.190. The van der Waals surface area contributed by atoms with Gasteiger partial charge in [-0.25, -0.2) is 31.3 Å². The van der Waals surface area contributed by atoms with E-state index < -0.39 is 56.4 Å². The molecular weight excluding hydrogens is 463 g/mol. The molecule has 33 heavy (non-hydrogen) atoms. The Hall–Kier alpha value is -3.67. The highest BCUT2D eigenvalue weighted by Crippen LogP contribution is 2.34. The van der Waals surface area contributed by atoms with Crippen LogP contribution in [0.4, 0.5) is 23.7 Å². The maximum Gasteiger partial charge on any atom is 0.332 e. The van der Waals surface area contributed by atoms with Crippen molar-refractivity contribution < 1.29 is 35.9 Å². The summed E-state index contributed by atoms with van der Waals surface area (Å²) in [6.07, 6.45) is 1.96. The van der Waals surface area contributed by atoms with Crippen molar-refractivity contribution >= 4 is 38.4 Å². The van der Waals surface area contributed by atoms with Crippen LogP contribution in [0.2, 0.25) is 0 Å². The minimum Gasteiger partial charge on any atom is -0.495 e. The van der Waals surface area contributed by atoms with Crippen molar-refractivity contribution in [3.05, 3.63) is 59.5 Å². The van der Waals surface area contributed by atoms with Crippen molar-refractivity contribution in [1.82, 2.24) is 9.88 Å². The van der Waals surface area contributed by atoms with E-state index in [9.17, 15) is 31.2 Å². The molecule has 0 radical (unpaired) electrons. The van der Waals surface area contributed by atoms with Crippen molar-refractivity contribution in [3.63, 3.8) is 0 Å². The molecule has 2 heterocycles. The number of pyridine rings is 1. The second-order valence-corrected chi connectivity index (χ2v) is 9.25. The van der Waals surface area contributed by atoms with E-state index in [1.165, 1.54) is 13.3 Å². The average molecular weight is 479 g/mol. The molecule has 0 N–H and O–H groups in total. The summed E-state index contributed by atoms with van der Waals surface area (Å²) in [4.78, 5) is 29.6. The van der Waals surface area contributed by atoms with Crippen LogP contribution in [0.5, 0.6) is 5.75 Å². The number of aromatic nitrogens is 1. The summed E-state index contributed by atoms with van der Waals surface area (Å²) in [5.74, 6) is -6.05. The van der Waals surface area contributed by atoms with Crippen LogP contribution in [0.25, 0.3) is 10.9 Å². The molecule has 0 unspecified atom stereocenters. The van der Waals surface area contributed by atoms with Gasteiger partial charge in [-0.1, -0.05) is 18.2 Å². The summed E-state index contributed by atoms with van der Waals surface area (Å²) < 4.78 is 71.9. The van der Waals surface area contributed by atoms with Crippen molar-refractivity contribution in [3.8, 4) is 5.75 Å². The summed E-state index contributed by atoms with van der Waals surface area (Å²) in [6, 6.07) is 6.29. The van der Waals surface area contributed by atoms with Gasteiger partial charge in [0.1, 0.15) is 23.0 Å². The van der Waals surface area contributed by atoms with E-state index in [0.717, 1.165) is 4.90 Å². The predicted molar refractivity (Wildman–Crippen MR) is 111 cm³/mol. The second kappa shape index (κ2) is 8.03. The zero-order valence-electron chi connectivity index (χ0n) is 17.3. The quantitative estimate of drug-likeness (QED) is 0.412. The molecule has 12 heteroatoms. The smallest absolute Gasteiger partial charge is 0.332 e. The van der Waals surface area contributed by atoms with Crippen LogP contribution in [0.1, 0.15) is 5.56 Å². The van der Waals surface area contributed by atoms with E-state index >= 15 is 0 Å². The summed E-state index contributed by atoms with van der Waals surface area (Å²) in [6.45, 7) is -0.642. The number of amides is 3. The van der Waals surface area contributed by atoms with Gasteiger partial charge in [0.25, 0.3) is 5.91 Å². The number of nitrogens with zero attached hydrogens (tertiary/aromatic N) is 3. The molecule has 172 valence electrons. The Labute approximate surface area is 186 Å². The van der Waals surface area contributed by atoms with Crippen LogP contribution < -0.4 is 9.64 Å². The highest BCUT2D eigenvalue weighted by molar-refractivity contribution is 7.90. The molecule has 1 fully saturated rings. The molecule has 1 aliphatic rings. The number of imide groups is 1. The lowest BCUT2D eigenvalue weighted by Gasteiger charge is -2.20. The molecule has 4 rings (SSSR count). The zero-order valence-corrected chi connectivity index (χ0v) is 18.1. The number of urea groups is 1. The number of carbonyl (C=O) groups is 2. The molecule has 3 aromatic rings. The lowest BCUT2D eigenvalue weighted by atomic mass is 10.1. The lowest BCUT2D eigenvalue weighted by Crippen LogP contribution is -2.34. The monoisotopic (exact) mass is 479 g/mol. The third kappa shape index (κ3) is 3.75. The maximum atomic E-state index is 14.7. The lowest BCUT2D eigenvalue weighted by molar-refractivity contribution is -0.116. The summed E-state index contributed by atoms with van der Waals surface area (Å²) >= 11 is 0. The summed E-state index contributed by atoms with van der Waals surface area (Å²) in [7, 11) is -3.04. The Morgan fingerprint density at radius 3 is 2.48 bits per heavy atom. The third-order valence-corrected chi connectivity index (χ3v) is 6.28. The Bertz CT molecular complexity index is 1430. The van der Waals surface area contributed by atoms with Crippen LogP contribution in [0.3, 0.4) is 0 Å². The van der Waals surface area contributed by atoms with Gasteiger partial charge in [-0.3, -0.25) is 9.78 Å². The molecule has 0 bridgehead atoms. The number of para-hydroxylation sites is 1. The van der Waals surface area contributed by atoms with Gasteiger partial charge in [-0.2, -0.15) is 0 Å². The summed E-state index contributed by atoms with van der Waals surface area (Å²) in [5.41, 5.74) is 0.118. The van der Waals surface area contributed by atoms with E-state index in [1.54, 1.807) is 24.3 Å². The van der Waals surface area contributed by atoms with E-state index in [2.05, 4.69) is 4.98 Å². The number of hydrogen-bond donors (Lipinski definition) is 0. The first-order valence-electron chi connectivity index (χ1n) is 9.44. The van der Waals surface area contributed by atoms with Crippen LogP contribution in [0, 0.1) is 17.5 Å². The van der Waals surface area contributed by atoms with E-state index in [4.69, 9.17) is 4.74 Å². The molecule has 1 aliphatic heterocycles. The van der Waals surface area contributed by atoms with Crippen LogP contribution in [-0.4, -0.2) is 50.2 Å². The highest BCUT2D eigenvalue weighted by Gasteiger charge is 2.41. The van der Waals surface area contributed by atoms with Crippen LogP contribution >= 0.6 is 0 Å². The number of carbonyl (C=O) groups excluding carboxylic acids is 2. The number of anilines is 1. The van der Waals surface area contributed by atoms with E-state index in [-0.39, 0.29) is 11.4 Å². The van der Waals surface area contributed by atoms with Crippen LogP contribution in [0.15, 0.2) is 41.4 Å². The highest BCUT2D eigenvalue weighted by atomic mass is 32.2. The van der Waals surface area contributed by atoms with Gasteiger partial charge in [0.15, 0.2) is 21.5 Å². The number of benzene rings is 2. The normalized spacial score (nSPS) is 14.5. The number of methoxy groups -OCH3 is 1. The number of ether oxygens (including phenoxy) is 1. The van der Waals surface area contributed by atoms with Crippen molar-refractivity contribution in [2.75, 3.05) is 24.8 Å². The number of rotatable bonds is 5. The van der Waals surface area contributed by atoms with E-state index in [0.29, 0.717) is 34.5 Å². The van der Waals surface area contributed by atoms with Gasteiger partial charge < -0.3 is 9.64 Å². The van der Waals surface area contributed by atoms with Gasteiger partial charge in [0.05, 0.1) is 31.1 Å². The first-order valence-corrected chi connectivity index (χ1v) is 11.3. The van der Waals surface area contributed by atoms with Crippen LogP contribution in [-0.2, 0) is 21.2 Å². The third-order valence-electron chi connectivity index (χ3n) is 5.16. The molecule has 1 aromatic heterocycles. The van der Waals surface area contributed by atoms with Crippen molar-refractivity contribution in [2.24, 2.45) is 0 Å². The maximum absolute atomic E-state index is 14.7. The molecule has 0 spiro atoms. The van der Waals surface area contributed by atoms with Gasteiger partial charge >= 0.3 is 6.03 Å². The second-order valence-electron chi connectivity index (χ2n) is 7.30. The van der Waals surface area contributed by atoms with Crippen molar-refractivity contribution in [1.29, 1.82) is 0 Å². The van der Waals surface area contributed by atoms with Gasteiger partial charge in [0.2, 0.25) is 0 Å². The fourth-order valence-electron chi connectivity index (χ4n) is 3.69. The molecular formula is C21H16F3N3O5S. The first kappa shape index (κ1) is 22.5. The standard InChI is InChI=1S/C21H16F3N3O5S/c1-32-16-8-25-14-6-4-3-5-11(14)12(16)9-26-10-17(28)27(21(26)29)15-7-13(22)20(33(2,30)31)19(24)18(15)23/h3-8H,9-10H2,1-2H3.